The Hall–Kier alpha value is -3.16. The first kappa shape index (κ1) is 16.3. The van der Waals surface area contributed by atoms with Gasteiger partial charge >= 0.3 is 0 Å². The quantitative estimate of drug-likeness (QED) is 0.768. The first-order chi connectivity index (χ1) is 12.6. The normalized spacial score (nSPS) is 14.8. The van der Waals surface area contributed by atoms with Gasteiger partial charge in [-0.2, -0.15) is 5.10 Å². The van der Waals surface area contributed by atoms with Crippen molar-refractivity contribution in [1.82, 2.24) is 25.0 Å². The summed E-state index contributed by atoms with van der Waals surface area (Å²) in [5, 5.41) is 7.76. The van der Waals surface area contributed by atoms with Crippen molar-refractivity contribution in [3.63, 3.8) is 0 Å². The van der Waals surface area contributed by atoms with E-state index >= 15 is 0 Å². The molecule has 0 aliphatic carbocycles. The molecule has 0 unspecified atom stereocenters. The van der Waals surface area contributed by atoms with Gasteiger partial charge in [0.15, 0.2) is 5.89 Å². The van der Waals surface area contributed by atoms with Crippen molar-refractivity contribution in [2.75, 3.05) is 26.2 Å². The van der Waals surface area contributed by atoms with E-state index < -0.39 is 0 Å². The van der Waals surface area contributed by atoms with Crippen molar-refractivity contribution in [2.24, 2.45) is 0 Å². The van der Waals surface area contributed by atoms with Crippen molar-refractivity contribution >= 4 is 22.7 Å². The minimum absolute atomic E-state index is 0.00642. The molecule has 0 saturated carbocycles. The number of aryl methyl sites for hydroxylation is 1. The zero-order chi connectivity index (χ0) is 18.1. The van der Waals surface area contributed by atoms with Gasteiger partial charge in [0.05, 0.1) is 24.3 Å². The predicted molar refractivity (Wildman–Crippen MR) is 93.5 cm³/mol. The van der Waals surface area contributed by atoms with Crippen LogP contribution < -0.4 is 0 Å². The molecule has 3 aromatic rings. The highest BCUT2D eigenvalue weighted by Crippen LogP contribution is 2.16. The summed E-state index contributed by atoms with van der Waals surface area (Å²) in [6.07, 6.45) is 3.49. The number of rotatable bonds is 3. The molecular formula is C18H19N5O3. The maximum absolute atomic E-state index is 12.7. The molecule has 3 heterocycles. The predicted octanol–water partition coefficient (Wildman–Crippen LogP) is 1.39. The number of hydrogen-bond donors (Lipinski definition) is 1. The van der Waals surface area contributed by atoms with Gasteiger partial charge in [-0.15, -0.1) is 0 Å². The van der Waals surface area contributed by atoms with E-state index in [0.717, 1.165) is 10.9 Å². The average Bonchev–Trinajstić information content (AvgIpc) is 3.29. The Kier molecular flexibility index (Phi) is 4.16. The number of carbonyl (C=O) groups excluding carboxylic acids is 2. The molecule has 2 aromatic heterocycles. The first-order valence-electron chi connectivity index (χ1n) is 8.51. The maximum atomic E-state index is 12.7. The zero-order valence-electron chi connectivity index (χ0n) is 14.4. The summed E-state index contributed by atoms with van der Waals surface area (Å²) in [4.78, 5) is 32.6. The lowest BCUT2D eigenvalue weighted by atomic mass is 10.1. The molecule has 1 aliphatic heterocycles. The third-order valence-corrected chi connectivity index (χ3v) is 4.60. The molecule has 1 aromatic carbocycles. The average molecular weight is 353 g/mol. The van der Waals surface area contributed by atoms with Crippen molar-refractivity contribution < 1.29 is 14.0 Å². The summed E-state index contributed by atoms with van der Waals surface area (Å²) < 4.78 is 5.36. The highest BCUT2D eigenvalue weighted by Gasteiger charge is 2.25. The first-order valence-corrected chi connectivity index (χ1v) is 8.51. The zero-order valence-corrected chi connectivity index (χ0v) is 14.4. The molecule has 1 N–H and O–H groups in total. The van der Waals surface area contributed by atoms with Crippen LogP contribution in [0.5, 0.6) is 0 Å². The highest BCUT2D eigenvalue weighted by atomic mass is 16.4. The molecule has 134 valence electrons. The minimum atomic E-state index is -0.0222. The molecule has 2 amide bonds. The number of benzene rings is 1. The van der Waals surface area contributed by atoms with E-state index in [2.05, 4.69) is 15.2 Å². The number of fused-ring (bicyclic) bond motifs is 1. The Morgan fingerprint density at radius 3 is 2.65 bits per heavy atom. The fourth-order valence-corrected chi connectivity index (χ4v) is 3.17. The lowest BCUT2D eigenvalue weighted by molar-refractivity contribution is -0.132. The summed E-state index contributed by atoms with van der Waals surface area (Å²) in [6, 6.07) is 5.49. The van der Waals surface area contributed by atoms with Crippen LogP contribution >= 0.6 is 0 Å². The number of nitrogens with one attached hydrogen (secondary N) is 1. The largest absolute Gasteiger partial charge is 0.446 e. The summed E-state index contributed by atoms with van der Waals surface area (Å²) in [6.45, 7) is 3.82. The Bertz CT molecular complexity index is 953. The summed E-state index contributed by atoms with van der Waals surface area (Å²) in [7, 11) is 0. The highest BCUT2D eigenvalue weighted by molar-refractivity contribution is 5.98. The van der Waals surface area contributed by atoms with Crippen LogP contribution in [-0.2, 0) is 11.2 Å². The molecule has 8 heteroatoms. The van der Waals surface area contributed by atoms with Gasteiger partial charge in [0, 0.05) is 44.1 Å². The third kappa shape index (κ3) is 3.17. The number of oxazole rings is 1. The number of aromatic amines is 1. The Labute approximate surface area is 149 Å². The number of nitrogens with zero attached hydrogens (tertiary/aromatic N) is 4. The topological polar surface area (TPSA) is 95.3 Å². The molecule has 26 heavy (non-hydrogen) atoms. The van der Waals surface area contributed by atoms with E-state index in [-0.39, 0.29) is 18.2 Å². The van der Waals surface area contributed by atoms with Gasteiger partial charge in [0.1, 0.15) is 5.76 Å². The molecule has 0 bridgehead atoms. The van der Waals surface area contributed by atoms with Crippen LogP contribution in [0, 0.1) is 6.92 Å². The summed E-state index contributed by atoms with van der Waals surface area (Å²) in [5.41, 5.74) is 1.54. The van der Waals surface area contributed by atoms with Gasteiger partial charge < -0.3 is 14.2 Å². The Morgan fingerprint density at radius 1 is 1.15 bits per heavy atom. The van der Waals surface area contributed by atoms with E-state index in [1.54, 1.807) is 35.2 Å². The number of H-pyrrole nitrogens is 1. The molecule has 0 spiro atoms. The molecule has 1 fully saturated rings. The molecule has 4 rings (SSSR count). The second-order valence-electron chi connectivity index (χ2n) is 6.37. The number of hydrogen-bond acceptors (Lipinski definition) is 5. The minimum Gasteiger partial charge on any atom is -0.446 e. The van der Waals surface area contributed by atoms with Crippen LogP contribution in [0.25, 0.3) is 10.9 Å². The maximum Gasteiger partial charge on any atom is 0.253 e. The number of aromatic nitrogens is 3. The van der Waals surface area contributed by atoms with E-state index in [9.17, 15) is 9.59 Å². The molecule has 0 atom stereocenters. The fraction of sp³-hybridized carbons (Fsp3) is 0.333. The Morgan fingerprint density at radius 2 is 1.92 bits per heavy atom. The second kappa shape index (κ2) is 6.62. The van der Waals surface area contributed by atoms with E-state index in [0.29, 0.717) is 43.4 Å². The smallest absolute Gasteiger partial charge is 0.253 e. The van der Waals surface area contributed by atoms with E-state index in [1.807, 2.05) is 12.1 Å². The number of piperazine rings is 1. The van der Waals surface area contributed by atoms with Gasteiger partial charge in [-0.25, -0.2) is 4.98 Å². The lowest BCUT2D eigenvalue weighted by Gasteiger charge is -2.34. The molecule has 1 aliphatic rings. The standard InChI is InChI=1S/C18H19N5O3/c1-12-19-11-15(26-12)9-17(24)22-4-6-23(7-5-22)18(25)13-2-3-16-14(8-13)10-20-21-16/h2-3,8,10-11H,4-7,9H2,1H3,(H,20,21). The molecule has 1 saturated heterocycles. The van der Waals surface area contributed by atoms with Gasteiger partial charge in [0.2, 0.25) is 5.91 Å². The van der Waals surface area contributed by atoms with Crippen LogP contribution in [-0.4, -0.2) is 63.0 Å². The van der Waals surface area contributed by atoms with Crippen LogP contribution in [0.15, 0.2) is 35.0 Å². The third-order valence-electron chi connectivity index (χ3n) is 4.60. The van der Waals surface area contributed by atoms with E-state index in [1.165, 1.54) is 0 Å². The van der Waals surface area contributed by atoms with Gasteiger partial charge in [0.25, 0.3) is 5.91 Å². The lowest BCUT2D eigenvalue weighted by Crippen LogP contribution is -2.51. The van der Waals surface area contributed by atoms with Gasteiger partial charge in [-0.05, 0) is 18.2 Å². The summed E-state index contributed by atoms with van der Waals surface area (Å²) in [5.74, 6) is 1.09. The fourth-order valence-electron chi connectivity index (χ4n) is 3.17. The number of amides is 2. The molecular weight excluding hydrogens is 334 g/mol. The summed E-state index contributed by atoms with van der Waals surface area (Å²) >= 11 is 0. The van der Waals surface area contributed by atoms with Crippen LogP contribution in [0.3, 0.4) is 0 Å². The SMILES string of the molecule is Cc1ncc(CC(=O)N2CCN(C(=O)c3ccc4[nH]ncc4c3)CC2)o1. The van der Waals surface area contributed by atoms with Gasteiger partial charge in [-0.3, -0.25) is 14.7 Å². The van der Waals surface area contributed by atoms with Crippen LogP contribution in [0.1, 0.15) is 22.0 Å². The van der Waals surface area contributed by atoms with Crippen molar-refractivity contribution in [2.45, 2.75) is 13.3 Å². The van der Waals surface area contributed by atoms with Crippen molar-refractivity contribution in [1.29, 1.82) is 0 Å². The second-order valence-corrected chi connectivity index (χ2v) is 6.37. The van der Waals surface area contributed by atoms with Crippen LogP contribution in [0.2, 0.25) is 0 Å². The van der Waals surface area contributed by atoms with Crippen molar-refractivity contribution in [3.8, 4) is 0 Å². The number of carbonyl (C=O) groups is 2. The molecule has 0 radical (unpaired) electrons. The van der Waals surface area contributed by atoms with Crippen LogP contribution in [0.4, 0.5) is 0 Å². The van der Waals surface area contributed by atoms with Gasteiger partial charge in [-0.1, -0.05) is 0 Å². The molecule has 8 nitrogen and oxygen atoms in total. The monoisotopic (exact) mass is 353 g/mol. The van der Waals surface area contributed by atoms with Crippen molar-refractivity contribution in [3.05, 3.63) is 47.8 Å². The Balaban J connectivity index is 1.36. The van der Waals surface area contributed by atoms with E-state index in [4.69, 9.17) is 4.42 Å².